The van der Waals surface area contributed by atoms with Crippen LogP contribution in [-0.2, 0) is 4.79 Å². The molecule has 0 saturated heterocycles. The van der Waals surface area contributed by atoms with Gasteiger partial charge in [-0.3, -0.25) is 4.79 Å². The van der Waals surface area contributed by atoms with Crippen LogP contribution in [-0.4, -0.2) is 10.7 Å². The SMILES string of the molecule is NC(=O)[C@@H]1CCCC[C@H]1Br. The van der Waals surface area contributed by atoms with E-state index >= 15 is 0 Å². The molecule has 0 radical (unpaired) electrons. The second kappa shape index (κ2) is 3.37. The third kappa shape index (κ3) is 1.72. The fraction of sp³-hybridized carbons (Fsp3) is 0.857. The monoisotopic (exact) mass is 205 g/mol. The molecule has 0 aromatic heterocycles. The normalized spacial score (nSPS) is 33.7. The highest BCUT2D eigenvalue weighted by Crippen LogP contribution is 2.29. The van der Waals surface area contributed by atoms with E-state index in [2.05, 4.69) is 15.9 Å². The maximum atomic E-state index is 10.8. The standard InChI is InChI=1S/C7H12BrNO/c8-6-4-2-1-3-5(6)7(9)10/h5-6H,1-4H2,(H2,9,10)/t5-,6-/m1/s1. The van der Waals surface area contributed by atoms with Gasteiger partial charge in [0.25, 0.3) is 0 Å². The highest BCUT2D eigenvalue weighted by molar-refractivity contribution is 9.09. The lowest BCUT2D eigenvalue weighted by Crippen LogP contribution is -2.32. The molecule has 0 heterocycles. The van der Waals surface area contributed by atoms with Crippen molar-refractivity contribution in [1.29, 1.82) is 0 Å². The highest BCUT2D eigenvalue weighted by Gasteiger charge is 2.26. The molecule has 0 aromatic rings. The molecule has 1 fully saturated rings. The molecule has 1 rings (SSSR count). The maximum absolute atomic E-state index is 10.8. The number of primary amides is 1. The van der Waals surface area contributed by atoms with E-state index < -0.39 is 0 Å². The molecule has 1 saturated carbocycles. The van der Waals surface area contributed by atoms with Gasteiger partial charge < -0.3 is 5.73 Å². The molecule has 1 aliphatic rings. The first-order chi connectivity index (χ1) is 4.72. The Morgan fingerprint density at radius 1 is 1.40 bits per heavy atom. The summed E-state index contributed by atoms with van der Waals surface area (Å²) >= 11 is 3.45. The van der Waals surface area contributed by atoms with Gasteiger partial charge in [-0.25, -0.2) is 0 Å². The average Bonchev–Trinajstić information content (AvgIpc) is 1.88. The number of hydrogen-bond donors (Lipinski definition) is 1. The van der Waals surface area contributed by atoms with Crippen LogP contribution in [0.4, 0.5) is 0 Å². The second-order valence-corrected chi connectivity index (χ2v) is 3.99. The topological polar surface area (TPSA) is 43.1 Å². The van der Waals surface area contributed by atoms with Crippen LogP contribution < -0.4 is 5.73 Å². The summed E-state index contributed by atoms with van der Waals surface area (Å²) in [4.78, 5) is 11.1. The minimum absolute atomic E-state index is 0.0775. The van der Waals surface area contributed by atoms with Crippen molar-refractivity contribution in [1.82, 2.24) is 0 Å². The zero-order chi connectivity index (χ0) is 7.56. The van der Waals surface area contributed by atoms with E-state index in [4.69, 9.17) is 5.73 Å². The maximum Gasteiger partial charge on any atom is 0.221 e. The fourth-order valence-corrected chi connectivity index (χ4v) is 2.25. The van der Waals surface area contributed by atoms with Gasteiger partial charge in [0, 0.05) is 4.83 Å². The van der Waals surface area contributed by atoms with Gasteiger partial charge in [0.15, 0.2) is 0 Å². The molecule has 2 atom stereocenters. The second-order valence-electron chi connectivity index (χ2n) is 2.81. The molecule has 0 aliphatic heterocycles. The summed E-state index contributed by atoms with van der Waals surface area (Å²) < 4.78 is 0. The summed E-state index contributed by atoms with van der Waals surface area (Å²) in [5, 5.41) is 0. The van der Waals surface area contributed by atoms with Crippen LogP contribution in [0.15, 0.2) is 0 Å². The van der Waals surface area contributed by atoms with Gasteiger partial charge in [0.1, 0.15) is 0 Å². The minimum atomic E-state index is -0.151. The van der Waals surface area contributed by atoms with E-state index in [1.807, 2.05) is 0 Å². The Labute approximate surface area is 69.3 Å². The van der Waals surface area contributed by atoms with Crippen molar-refractivity contribution in [2.24, 2.45) is 11.7 Å². The number of carbonyl (C=O) groups is 1. The van der Waals surface area contributed by atoms with Crippen LogP contribution >= 0.6 is 15.9 Å². The first-order valence-corrected chi connectivity index (χ1v) is 4.57. The van der Waals surface area contributed by atoms with Crippen molar-refractivity contribution >= 4 is 21.8 Å². The molecule has 0 aromatic carbocycles. The van der Waals surface area contributed by atoms with E-state index in [1.54, 1.807) is 0 Å². The van der Waals surface area contributed by atoms with Crippen molar-refractivity contribution in [2.45, 2.75) is 30.5 Å². The summed E-state index contributed by atoms with van der Waals surface area (Å²) in [6, 6.07) is 0. The number of nitrogens with two attached hydrogens (primary N) is 1. The number of carbonyl (C=O) groups excluding carboxylic acids is 1. The molecule has 0 spiro atoms. The lowest BCUT2D eigenvalue weighted by Gasteiger charge is -2.23. The van der Waals surface area contributed by atoms with E-state index in [1.165, 1.54) is 6.42 Å². The van der Waals surface area contributed by atoms with Crippen molar-refractivity contribution in [3.05, 3.63) is 0 Å². The minimum Gasteiger partial charge on any atom is -0.369 e. The Kier molecular flexibility index (Phi) is 2.72. The van der Waals surface area contributed by atoms with Crippen LogP contribution in [0.1, 0.15) is 25.7 Å². The van der Waals surface area contributed by atoms with Crippen LogP contribution in [0, 0.1) is 5.92 Å². The number of alkyl halides is 1. The summed E-state index contributed by atoms with van der Waals surface area (Å²) in [6.45, 7) is 0. The zero-order valence-electron chi connectivity index (χ0n) is 5.85. The van der Waals surface area contributed by atoms with Crippen LogP contribution in [0.5, 0.6) is 0 Å². The molecular formula is C7H12BrNO. The third-order valence-electron chi connectivity index (χ3n) is 2.05. The molecule has 3 heteroatoms. The fourth-order valence-electron chi connectivity index (χ4n) is 1.41. The lowest BCUT2D eigenvalue weighted by molar-refractivity contribution is -0.122. The molecule has 2 N–H and O–H groups in total. The molecule has 0 unspecified atom stereocenters. The summed E-state index contributed by atoms with van der Waals surface area (Å²) in [7, 11) is 0. The number of amides is 1. The van der Waals surface area contributed by atoms with Gasteiger partial charge in [0.2, 0.25) is 5.91 Å². The van der Waals surface area contributed by atoms with Gasteiger partial charge in [-0.05, 0) is 12.8 Å². The van der Waals surface area contributed by atoms with E-state index in [9.17, 15) is 4.79 Å². The summed E-state index contributed by atoms with van der Waals surface area (Å²) in [5.41, 5.74) is 5.19. The first kappa shape index (κ1) is 8.05. The quantitative estimate of drug-likeness (QED) is 0.648. The van der Waals surface area contributed by atoms with Crippen LogP contribution in [0.25, 0.3) is 0 Å². The molecular weight excluding hydrogens is 194 g/mol. The molecule has 58 valence electrons. The lowest BCUT2D eigenvalue weighted by atomic mass is 9.89. The van der Waals surface area contributed by atoms with Crippen LogP contribution in [0.2, 0.25) is 0 Å². The number of halogens is 1. The van der Waals surface area contributed by atoms with E-state index in [0.717, 1.165) is 19.3 Å². The predicted molar refractivity (Wildman–Crippen MR) is 43.9 cm³/mol. The van der Waals surface area contributed by atoms with Gasteiger partial charge in [-0.2, -0.15) is 0 Å². The molecule has 0 bridgehead atoms. The first-order valence-electron chi connectivity index (χ1n) is 3.65. The van der Waals surface area contributed by atoms with Gasteiger partial charge >= 0.3 is 0 Å². The van der Waals surface area contributed by atoms with Gasteiger partial charge in [-0.1, -0.05) is 28.8 Å². The van der Waals surface area contributed by atoms with Crippen LogP contribution in [0.3, 0.4) is 0 Å². The van der Waals surface area contributed by atoms with Crippen molar-refractivity contribution in [3.63, 3.8) is 0 Å². The van der Waals surface area contributed by atoms with Crippen molar-refractivity contribution < 1.29 is 4.79 Å². The van der Waals surface area contributed by atoms with Gasteiger partial charge in [0.05, 0.1) is 5.92 Å². The Hall–Kier alpha value is -0.0500. The van der Waals surface area contributed by atoms with Gasteiger partial charge in [-0.15, -0.1) is 0 Å². The average molecular weight is 206 g/mol. The van der Waals surface area contributed by atoms with E-state index in [-0.39, 0.29) is 11.8 Å². The molecule has 2 nitrogen and oxygen atoms in total. The van der Waals surface area contributed by atoms with Crippen molar-refractivity contribution in [3.8, 4) is 0 Å². The number of hydrogen-bond acceptors (Lipinski definition) is 1. The Morgan fingerprint density at radius 3 is 2.40 bits per heavy atom. The largest absolute Gasteiger partial charge is 0.369 e. The molecule has 1 aliphatic carbocycles. The number of rotatable bonds is 1. The zero-order valence-corrected chi connectivity index (χ0v) is 7.43. The smallest absolute Gasteiger partial charge is 0.221 e. The summed E-state index contributed by atoms with van der Waals surface area (Å²) in [6.07, 6.45) is 4.42. The Morgan fingerprint density at radius 2 is 2.00 bits per heavy atom. The Bertz CT molecular complexity index is 138. The third-order valence-corrected chi connectivity index (χ3v) is 3.14. The molecule has 1 amide bonds. The highest BCUT2D eigenvalue weighted by atomic mass is 79.9. The Balaban J connectivity index is 2.47. The molecule has 10 heavy (non-hydrogen) atoms. The summed E-state index contributed by atoms with van der Waals surface area (Å²) in [5.74, 6) is -0.0738. The van der Waals surface area contributed by atoms with Crippen molar-refractivity contribution in [2.75, 3.05) is 0 Å². The van der Waals surface area contributed by atoms with E-state index in [0.29, 0.717) is 4.83 Å². The predicted octanol–water partition coefficient (Wildman–Crippen LogP) is 1.43.